The van der Waals surface area contributed by atoms with E-state index in [-0.39, 0.29) is 29.7 Å². The van der Waals surface area contributed by atoms with Gasteiger partial charge in [-0.05, 0) is 31.3 Å². The minimum absolute atomic E-state index is 0.0612. The lowest BCUT2D eigenvalue weighted by molar-refractivity contribution is -0.135. The molecule has 2 heterocycles. The van der Waals surface area contributed by atoms with Crippen LogP contribution in [0.1, 0.15) is 19.8 Å². The third kappa shape index (κ3) is 4.07. The molecule has 114 valence electrons. The molecule has 0 aromatic heterocycles. The van der Waals surface area contributed by atoms with Gasteiger partial charge in [-0.1, -0.05) is 0 Å². The van der Waals surface area contributed by atoms with Crippen molar-refractivity contribution in [3.63, 3.8) is 0 Å². The van der Waals surface area contributed by atoms with Gasteiger partial charge in [-0.15, -0.1) is 0 Å². The van der Waals surface area contributed by atoms with Crippen molar-refractivity contribution in [1.82, 2.24) is 10.2 Å². The molecular weight excluding hydrogens is 292 g/mol. The molecule has 0 bridgehead atoms. The second kappa shape index (κ2) is 7.59. The zero-order valence-electron chi connectivity index (χ0n) is 12.3. The second-order valence-electron chi connectivity index (χ2n) is 5.66. The Morgan fingerprint density at radius 3 is 2.35 bits per heavy atom. The van der Waals surface area contributed by atoms with Crippen molar-refractivity contribution in [1.29, 1.82) is 0 Å². The van der Waals surface area contributed by atoms with E-state index in [1.54, 1.807) is 4.90 Å². The molecule has 0 radical (unpaired) electrons. The number of nitrogens with zero attached hydrogens (tertiary/aromatic N) is 1. The summed E-state index contributed by atoms with van der Waals surface area (Å²) in [4.78, 5) is 26.1. The summed E-state index contributed by atoms with van der Waals surface area (Å²) in [6, 6.07) is 0.0612. The quantitative estimate of drug-likeness (QED) is 0.834. The van der Waals surface area contributed by atoms with Gasteiger partial charge in [0.15, 0.2) is 0 Å². The number of nitrogens with one attached hydrogen (secondary N) is 1. The highest BCUT2D eigenvalue weighted by Gasteiger charge is 2.29. The van der Waals surface area contributed by atoms with E-state index in [0.717, 1.165) is 35.9 Å². The van der Waals surface area contributed by atoms with Crippen LogP contribution in [0.25, 0.3) is 0 Å². The number of likely N-dealkylation sites (N-methyl/N-ethyl adjacent to an activating group) is 1. The fourth-order valence-corrected chi connectivity index (χ4v) is 4.94. The van der Waals surface area contributed by atoms with Crippen LogP contribution in [0.15, 0.2) is 0 Å². The first-order chi connectivity index (χ1) is 9.59. The SMILES string of the molecule is CC(CNC(=O)C1CCSC1)N(C)C(=O)C1CCSC1. The van der Waals surface area contributed by atoms with Crippen LogP contribution in [0.2, 0.25) is 0 Å². The van der Waals surface area contributed by atoms with Crippen molar-refractivity contribution in [2.75, 3.05) is 36.6 Å². The Bertz CT molecular complexity index is 353. The first-order valence-electron chi connectivity index (χ1n) is 7.29. The molecule has 3 atom stereocenters. The molecule has 0 aromatic carbocycles. The van der Waals surface area contributed by atoms with E-state index in [9.17, 15) is 9.59 Å². The van der Waals surface area contributed by atoms with Crippen LogP contribution in [0.4, 0.5) is 0 Å². The Morgan fingerprint density at radius 2 is 1.80 bits per heavy atom. The summed E-state index contributed by atoms with van der Waals surface area (Å²) in [5.41, 5.74) is 0. The summed E-state index contributed by atoms with van der Waals surface area (Å²) in [6.45, 7) is 2.56. The molecule has 6 heteroatoms. The largest absolute Gasteiger partial charge is 0.354 e. The zero-order valence-corrected chi connectivity index (χ0v) is 13.9. The average molecular weight is 316 g/mol. The summed E-state index contributed by atoms with van der Waals surface area (Å²) in [5, 5.41) is 3.00. The van der Waals surface area contributed by atoms with Crippen LogP contribution in [-0.2, 0) is 9.59 Å². The molecule has 2 amide bonds. The topological polar surface area (TPSA) is 49.4 Å². The van der Waals surface area contributed by atoms with E-state index in [1.807, 2.05) is 37.5 Å². The molecule has 1 N–H and O–H groups in total. The Morgan fingerprint density at radius 1 is 1.20 bits per heavy atom. The monoisotopic (exact) mass is 316 g/mol. The standard InChI is InChI=1S/C14H24N2O2S2/c1-10(7-15-13(17)11-3-5-19-8-11)16(2)14(18)12-4-6-20-9-12/h10-12H,3-9H2,1-2H3,(H,15,17). The van der Waals surface area contributed by atoms with Gasteiger partial charge < -0.3 is 10.2 Å². The number of amides is 2. The lowest BCUT2D eigenvalue weighted by atomic mass is 10.1. The summed E-state index contributed by atoms with van der Waals surface area (Å²) in [5.74, 6) is 4.79. The van der Waals surface area contributed by atoms with Gasteiger partial charge in [-0.25, -0.2) is 0 Å². The van der Waals surface area contributed by atoms with Gasteiger partial charge in [-0.2, -0.15) is 23.5 Å². The van der Waals surface area contributed by atoms with E-state index in [0.29, 0.717) is 6.54 Å². The number of hydrogen-bond acceptors (Lipinski definition) is 4. The van der Waals surface area contributed by atoms with Crippen molar-refractivity contribution in [3.8, 4) is 0 Å². The second-order valence-corrected chi connectivity index (χ2v) is 7.96. The molecule has 2 aliphatic heterocycles. The molecule has 2 fully saturated rings. The van der Waals surface area contributed by atoms with Crippen molar-refractivity contribution < 1.29 is 9.59 Å². The lowest BCUT2D eigenvalue weighted by Crippen LogP contribution is -2.46. The number of carbonyl (C=O) groups is 2. The normalized spacial score (nSPS) is 27.3. The van der Waals surface area contributed by atoms with Gasteiger partial charge in [0.05, 0.1) is 0 Å². The van der Waals surface area contributed by atoms with Gasteiger partial charge in [0, 0.05) is 43.0 Å². The molecule has 3 unspecified atom stereocenters. The van der Waals surface area contributed by atoms with Gasteiger partial charge >= 0.3 is 0 Å². The summed E-state index contributed by atoms with van der Waals surface area (Å²) in [7, 11) is 1.85. The Kier molecular flexibility index (Phi) is 6.08. The highest BCUT2D eigenvalue weighted by Crippen LogP contribution is 2.25. The number of hydrogen-bond donors (Lipinski definition) is 1. The number of thioether (sulfide) groups is 2. The lowest BCUT2D eigenvalue weighted by Gasteiger charge is -2.28. The summed E-state index contributed by atoms with van der Waals surface area (Å²) < 4.78 is 0. The van der Waals surface area contributed by atoms with Crippen molar-refractivity contribution in [2.45, 2.75) is 25.8 Å². The van der Waals surface area contributed by atoms with E-state index >= 15 is 0 Å². The fraction of sp³-hybridized carbons (Fsp3) is 0.857. The van der Waals surface area contributed by atoms with Gasteiger partial charge in [0.2, 0.25) is 11.8 Å². The molecule has 2 rings (SSSR count). The Balaban J connectivity index is 1.74. The molecule has 0 aromatic rings. The molecular formula is C14H24N2O2S2. The molecule has 0 aliphatic carbocycles. The van der Waals surface area contributed by atoms with E-state index < -0.39 is 0 Å². The maximum Gasteiger partial charge on any atom is 0.226 e. The molecule has 4 nitrogen and oxygen atoms in total. The first kappa shape index (κ1) is 16.0. The van der Waals surface area contributed by atoms with Crippen LogP contribution >= 0.6 is 23.5 Å². The molecule has 20 heavy (non-hydrogen) atoms. The van der Waals surface area contributed by atoms with E-state index in [2.05, 4.69) is 5.32 Å². The third-order valence-electron chi connectivity index (χ3n) is 4.16. The maximum absolute atomic E-state index is 12.3. The van der Waals surface area contributed by atoms with Crippen LogP contribution in [-0.4, -0.2) is 59.4 Å². The van der Waals surface area contributed by atoms with Crippen LogP contribution < -0.4 is 5.32 Å². The highest BCUT2D eigenvalue weighted by atomic mass is 32.2. The summed E-state index contributed by atoms with van der Waals surface area (Å²) >= 11 is 3.70. The van der Waals surface area contributed by atoms with Crippen molar-refractivity contribution in [2.24, 2.45) is 11.8 Å². The minimum atomic E-state index is 0.0612. The molecule has 0 spiro atoms. The third-order valence-corrected chi connectivity index (χ3v) is 6.48. The Labute approximate surface area is 129 Å². The van der Waals surface area contributed by atoms with Crippen LogP contribution in [0, 0.1) is 11.8 Å². The molecule has 0 saturated carbocycles. The smallest absolute Gasteiger partial charge is 0.226 e. The predicted octanol–water partition coefficient (Wildman–Crippen LogP) is 1.46. The zero-order chi connectivity index (χ0) is 14.5. The highest BCUT2D eigenvalue weighted by molar-refractivity contribution is 7.99. The van der Waals surface area contributed by atoms with E-state index in [1.165, 1.54) is 0 Å². The summed E-state index contributed by atoms with van der Waals surface area (Å²) in [6.07, 6.45) is 1.98. The number of rotatable bonds is 5. The fourth-order valence-electron chi connectivity index (χ4n) is 2.51. The van der Waals surface area contributed by atoms with Gasteiger partial charge in [0.1, 0.15) is 0 Å². The van der Waals surface area contributed by atoms with Crippen LogP contribution in [0.5, 0.6) is 0 Å². The first-order valence-corrected chi connectivity index (χ1v) is 9.60. The Hall–Kier alpha value is -0.360. The minimum Gasteiger partial charge on any atom is -0.354 e. The van der Waals surface area contributed by atoms with E-state index in [4.69, 9.17) is 0 Å². The predicted molar refractivity (Wildman–Crippen MR) is 86.1 cm³/mol. The average Bonchev–Trinajstić information content (AvgIpc) is 3.14. The van der Waals surface area contributed by atoms with Crippen molar-refractivity contribution >= 4 is 35.3 Å². The van der Waals surface area contributed by atoms with Crippen molar-refractivity contribution in [3.05, 3.63) is 0 Å². The molecule has 2 aliphatic rings. The molecule has 2 saturated heterocycles. The maximum atomic E-state index is 12.3. The van der Waals surface area contributed by atoms with Gasteiger partial charge in [0.25, 0.3) is 0 Å². The van der Waals surface area contributed by atoms with Crippen LogP contribution in [0.3, 0.4) is 0 Å². The number of carbonyl (C=O) groups excluding carboxylic acids is 2. The van der Waals surface area contributed by atoms with Gasteiger partial charge in [-0.3, -0.25) is 9.59 Å².